The predicted molar refractivity (Wildman–Crippen MR) is 161 cm³/mol. The van der Waals surface area contributed by atoms with Crippen LogP contribution < -0.4 is 9.62 Å². The van der Waals surface area contributed by atoms with Gasteiger partial charge in [0.05, 0.1) is 10.9 Å². The van der Waals surface area contributed by atoms with Crippen molar-refractivity contribution in [1.29, 1.82) is 0 Å². The molecule has 2 N–H and O–H groups in total. The number of rotatable bonds is 5. The summed E-state index contributed by atoms with van der Waals surface area (Å²) in [7, 11) is -3.81. The second-order valence-corrected chi connectivity index (χ2v) is 14.8. The minimum Gasteiger partial charge on any atom is -0.506 e. The van der Waals surface area contributed by atoms with Gasteiger partial charge in [-0.2, -0.15) is 0 Å². The summed E-state index contributed by atoms with van der Waals surface area (Å²) in [5, 5.41) is 9.93. The van der Waals surface area contributed by atoms with Crippen LogP contribution in [-0.4, -0.2) is 66.1 Å². The Bertz CT molecular complexity index is 1550. The summed E-state index contributed by atoms with van der Waals surface area (Å²) in [4.78, 5) is 34.2. The van der Waals surface area contributed by atoms with E-state index >= 15 is 0 Å². The second kappa shape index (κ2) is 11.2. The minimum absolute atomic E-state index is 0.0582. The smallest absolute Gasteiger partial charge is 0.264 e. The van der Waals surface area contributed by atoms with Crippen molar-refractivity contribution in [3.8, 4) is 16.9 Å². The number of hydrogen-bond acceptors (Lipinski definition) is 7. The molecule has 9 nitrogen and oxygen atoms in total. The van der Waals surface area contributed by atoms with E-state index in [4.69, 9.17) is 0 Å². The molecule has 10 heteroatoms. The Morgan fingerprint density at radius 3 is 2.02 bits per heavy atom. The number of piperazine rings is 1. The van der Waals surface area contributed by atoms with Crippen molar-refractivity contribution in [3.63, 3.8) is 0 Å². The molecule has 0 saturated carbocycles. The lowest BCUT2D eigenvalue weighted by molar-refractivity contribution is 0.0746. The maximum absolute atomic E-state index is 13.6. The molecule has 0 atom stereocenters. The molecule has 0 radical (unpaired) electrons. The largest absolute Gasteiger partial charge is 0.506 e. The third kappa shape index (κ3) is 6.87. The molecule has 0 aliphatic carbocycles. The number of hydrogen-bond donors (Lipinski definition) is 2. The van der Waals surface area contributed by atoms with Crippen molar-refractivity contribution in [2.75, 3.05) is 31.1 Å². The topological polar surface area (TPSA) is 120 Å². The molecule has 1 aromatic heterocycles. The molecular weight excluding hydrogens is 540 g/mol. The Kier molecular flexibility index (Phi) is 8.18. The molecule has 2 amide bonds. The molecular formula is C31H38N4O5S. The van der Waals surface area contributed by atoms with Crippen LogP contribution in [0.4, 0.5) is 5.69 Å². The summed E-state index contributed by atoms with van der Waals surface area (Å²) in [5.74, 6) is -0.659. The maximum atomic E-state index is 13.6. The zero-order valence-electron chi connectivity index (χ0n) is 24.4. The van der Waals surface area contributed by atoms with E-state index in [2.05, 4.69) is 35.4 Å². The molecule has 0 spiro atoms. The van der Waals surface area contributed by atoms with Gasteiger partial charge < -0.3 is 14.9 Å². The van der Waals surface area contributed by atoms with E-state index in [1.807, 2.05) is 23.1 Å². The van der Waals surface area contributed by atoms with Crippen LogP contribution in [0.1, 0.15) is 67.8 Å². The minimum atomic E-state index is -3.81. The number of carbonyl (C=O) groups excluding carboxylic acids is 2. The Labute approximate surface area is 242 Å². The fourth-order valence-corrected chi connectivity index (χ4v) is 5.11. The fourth-order valence-electron chi connectivity index (χ4n) is 4.44. The van der Waals surface area contributed by atoms with Crippen molar-refractivity contribution in [3.05, 3.63) is 77.6 Å². The number of anilines is 1. The first-order valence-corrected chi connectivity index (χ1v) is 15.0. The molecule has 1 aliphatic heterocycles. The highest BCUT2D eigenvalue weighted by atomic mass is 32.2. The van der Waals surface area contributed by atoms with Crippen LogP contribution in [0.25, 0.3) is 11.1 Å². The summed E-state index contributed by atoms with van der Waals surface area (Å²) in [5.41, 5.74) is 4.12. The SMILES string of the molecule is CC(C)(C)c1cc(C(=O)N2CCN(c3ccc(C(=O)NS(=O)(=O)C(C)(C)C)cc3)CC2)cc(-c2cncc(O)c2)c1. The van der Waals surface area contributed by atoms with Crippen molar-refractivity contribution in [2.45, 2.75) is 51.7 Å². The predicted octanol–water partition coefficient (Wildman–Crippen LogP) is 4.57. The summed E-state index contributed by atoms with van der Waals surface area (Å²) >= 11 is 0. The molecule has 0 unspecified atom stereocenters. The first-order valence-electron chi connectivity index (χ1n) is 13.6. The van der Waals surface area contributed by atoms with Crippen LogP contribution in [0.15, 0.2) is 60.9 Å². The standard InChI is InChI=1S/C31H38N4O5S/c1-30(2,3)25-16-22(24-18-27(36)20-32-19-24)15-23(17-25)29(38)35-13-11-34(12-14-35)26-9-7-21(8-10-26)28(37)33-41(39,40)31(4,5)6/h7-10,15-20,36H,11-14H2,1-6H3,(H,33,37). The molecule has 1 fully saturated rings. The number of nitrogens with one attached hydrogen (secondary N) is 1. The molecule has 2 heterocycles. The Hall–Kier alpha value is -3.92. The Balaban J connectivity index is 1.46. The summed E-state index contributed by atoms with van der Waals surface area (Å²) in [6, 6.07) is 14.3. The summed E-state index contributed by atoms with van der Waals surface area (Å²) in [6.45, 7) is 13.1. The van der Waals surface area contributed by atoms with Gasteiger partial charge >= 0.3 is 0 Å². The molecule has 1 saturated heterocycles. The third-order valence-electron chi connectivity index (χ3n) is 7.20. The van der Waals surface area contributed by atoms with Crippen molar-refractivity contribution in [1.82, 2.24) is 14.6 Å². The van der Waals surface area contributed by atoms with E-state index in [1.165, 1.54) is 27.0 Å². The van der Waals surface area contributed by atoms with E-state index in [0.717, 1.165) is 22.4 Å². The average molecular weight is 579 g/mol. The maximum Gasteiger partial charge on any atom is 0.264 e. The lowest BCUT2D eigenvalue weighted by atomic mass is 9.84. The van der Waals surface area contributed by atoms with Gasteiger partial charge in [0.1, 0.15) is 5.75 Å². The average Bonchev–Trinajstić information content (AvgIpc) is 2.91. The third-order valence-corrected chi connectivity index (χ3v) is 9.26. The number of amides is 2. The lowest BCUT2D eigenvalue weighted by Gasteiger charge is -2.36. The van der Waals surface area contributed by atoms with E-state index in [0.29, 0.717) is 31.7 Å². The molecule has 0 bridgehead atoms. The Morgan fingerprint density at radius 2 is 1.46 bits per heavy atom. The second-order valence-electron chi connectivity index (χ2n) is 12.4. The van der Waals surface area contributed by atoms with Gasteiger partial charge in [0.15, 0.2) is 0 Å². The van der Waals surface area contributed by atoms with Gasteiger partial charge in [0.25, 0.3) is 11.8 Å². The highest BCUT2D eigenvalue weighted by Crippen LogP contribution is 2.31. The molecule has 41 heavy (non-hydrogen) atoms. The highest BCUT2D eigenvalue weighted by molar-refractivity contribution is 7.91. The number of carbonyl (C=O) groups is 2. The summed E-state index contributed by atoms with van der Waals surface area (Å²) in [6.07, 6.45) is 3.05. The van der Waals surface area contributed by atoms with Crippen molar-refractivity contribution >= 4 is 27.5 Å². The normalized spacial score (nSPS) is 14.6. The van der Waals surface area contributed by atoms with Gasteiger partial charge in [0.2, 0.25) is 10.0 Å². The number of nitrogens with zero attached hydrogens (tertiary/aromatic N) is 3. The first kappa shape index (κ1) is 30.0. The van der Waals surface area contributed by atoms with Gasteiger partial charge in [-0.25, -0.2) is 13.1 Å². The quantitative estimate of drug-likeness (QED) is 0.455. The zero-order chi connectivity index (χ0) is 30.2. The van der Waals surface area contributed by atoms with E-state index in [1.54, 1.807) is 36.5 Å². The van der Waals surface area contributed by atoms with Crippen LogP contribution in [0.5, 0.6) is 5.75 Å². The fraction of sp³-hybridized carbons (Fsp3) is 0.387. The number of benzene rings is 2. The molecule has 2 aromatic carbocycles. The number of sulfonamides is 1. The van der Waals surface area contributed by atoms with Gasteiger partial charge in [-0.05, 0) is 79.8 Å². The highest BCUT2D eigenvalue weighted by Gasteiger charge is 2.31. The number of aromatic hydroxyl groups is 1. The van der Waals surface area contributed by atoms with E-state index < -0.39 is 20.7 Å². The van der Waals surface area contributed by atoms with Crippen LogP contribution in [0.3, 0.4) is 0 Å². The van der Waals surface area contributed by atoms with Crippen LogP contribution in [0.2, 0.25) is 0 Å². The van der Waals surface area contributed by atoms with Gasteiger partial charge in [-0.15, -0.1) is 0 Å². The van der Waals surface area contributed by atoms with Gasteiger partial charge in [-0.1, -0.05) is 26.8 Å². The molecule has 1 aliphatic rings. The zero-order valence-corrected chi connectivity index (χ0v) is 25.2. The van der Waals surface area contributed by atoms with Crippen LogP contribution >= 0.6 is 0 Å². The van der Waals surface area contributed by atoms with Crippen LogP contribution in [0, 0.1) is 0 Å². The van der Waals surface area contributed by atoms with E-state index in [9.17, 15) is 23.1 Å². The number of pyridine rings is 1. The monoisotopic (exact) mass is 578 g/mol. The van der Waals surface area contributed by atoms with Crippen molar-refractivity contribution < 1.29 is 23.1 Å². The molecule has 3 aromatic rings. The van der Waals surface area contributed by atoms with Crippen molar-refractivity contribution in [2.24, 2.45) is 0 Å². The van der Waals surface area contributed by atoms with Gasteiger partial charge in [-0.3, -0.25) is 14.6 Å². The molecule has 218 valence electrons. The molecule has 4 rings (SSSR count). The van der Waals surface area contributed by atoms with E-state index in [-0.39, 0.29) is 22.6 Å². The Morgan fingerprint density at radius 1 is 0.829 bits per heavy atom. The number of aromatic nitrogens is 1. The lowest BCUT2D eigenvalue weighted by Crippen LogP contribution is -2.48. The summed E-state index contributed by atoms with van der Waals surface area (Å²) < 4.78 is 25.7. The first-order chi connectivity index (χ1) is 19.0. The van der Waals surface area contributed by atoms with Crippen LogP contribution in [-0.2, 0) is 15.4 Å². The van der Waals surface area contributed by atoms with Gasteiger partial charge in [0, 0.05) is 54.8 Å².